The van der Waals surface area contributed by atoms with E-state index in [1.165, 1.54) is 31.5 Å². The monoisotopic (exact) mass is 651 g/mol. The van der Waals surface area contributed by atoms with E-state index in [2.05, 4.69) is 15.4 Å². The van der Waals surface area contributed by atoms with Crippen molar-refractivity contribution in [2.45, 2.75) is 39.5 Å². The minimum Gasteiger partial charge on any atom is -0.477 e. The van der Waals surface area contributed by atoms with Gasteiger partial charge in [0.25, 0.3) is 11.5 Å². The number of carbonyl (C=O) groups excluding carboxylic acids is 2. The Labute approximate surface area is 274 Å². The molecule has 1 aliphatic rings. The minimum absolute atomic E-state index is 0.0516. The zero-order valence-corrected chi connectivity index (χ0v) is 26.6. The first-order chi connectivity index (χ1) is 22.9. The van der Waals surface area contributed by atoms with Gasteiger partial charge in [0.2, 0.25) is 5.91 Å². The fourth-order valence-electron chi connectivity index (χ4n) is 6.30. The number of carbonyl (C=O) groups is 3. The van der Waals surface area contributed by atoms with Gasteiger partial charge in [-0.25, -0.2) is 18.7 Å². The summed E-state index contributed by atoms with van der Waals surface area (Å²) in [7, 11) is 0. The van der Waals surface area contributed by atoms with Gasteiger partial charge in [-0.15, -0.1) is 0 Å². The maximum Gasteiger partial charge on any atom is 0.353 e. The zero-order chi connectivity index (χ0) is 34.3. The van der Waals surface area contributed by atoms with Crippen molar-refractivity contribution in [1.82, 2.24) is 24.1 Å². The zero-order valence-electron chi connectivity index (χ0n) is 26.6. The molecule has 0 saturated carbocycles. The van der Waals surface area contributed by atoms with Crippen LogP contribution >= 0.6 is 0 Å². The third kappa shape index (κ3) is 5.90. The van der Waals surface area contributed by atoms with Gasteiger partial charge in [-0.3, -0.25) is 19.0 Å². The molecule has 0 spiro atoms. The number of aromatic carboxylic acids is 1. The van der Waals surface area contributed by atoms with Gasteiger partial charge in [-0.2, -0.15) is 5.10 Å². The number of anilines is 2. The number of nitrogens with zero attached hydrogens (tertiary/aromatic N) is 5. The predicted molar refractivity (Wildman–Crippen MR) is 178 cm³/mol. The van der Waals surface area contributed by atoms with Crippen LogP contribution < -0.4 is 16.6 Å². The predicted octanol–water partition coefficient (Wildman–Crippen LogP) is 4.89. The molecule has 2 aromatic carbocycles. The molecule has 0 unspecified atom stereocenters. The standard InChI is InChI=1S/C35H34FN7O5/c1-19(2)33(45)41-14-12-22(13-15-41)28-17-26(30-31(37)38-18-39-43(28)30)21-4-8-24(9-5-21)40-32(44)27-16-20(3)29(35(47)48)42(34(27)46)25-10-6-23(36)7-11-25/h4-11,16-19,22H,12-15H2,1-3H3,(H,40,44)(H,47,48)(H2,37,38,39). The quantitative estimate of drug-likeness (QED) is 0.224. The molecule has 0 radical (unpaired) electrons. The van der Waals surface area contributed by atoms with E-state index in [0.717, 1.165) is 46.4 Å². The average molecular weight is 652 g/mol. The van der Waals surface area contributed by atoms with Crippen LogP contribution in [0.5, 0.6) is 0 Å². The van der Waals surface area contributed by atoms with Crippen molar-refractivity contribution >= 4 is 34.8 Å². The lowest BCUT2D eigenvalue weighted by molar-refractivity contribution is -0.135. The van der Waals surface area contributed by atoms with Crippen LogP contribution in [0.25, 0.3) is 22.3 Å². The number of halogens is 1. The number of amides is 2. The van der Waals surface area contributed by atoms with Gasteiger partial charge in [0.15, 0.2) is 5.82 Å². The molecule has 1 aliphatic heterocycles. The highest BCUT2D eigenvalue weighted by molar-refractivity contribution is 6.05. The fourth-order valence-corrected chi connectivity index (χ4v) is 6.30. The number of benzene rings is 2. The highest BCUT2D eigenvalue weighted by Crippen LogP contribution is 2.37. The van der Waals surface area contributed by atoms with Crippen molar-refractivity contribution in [3.05, 3.63) is 106 Å². The molecule has 1 fully saturated rings. The number of rotatable bonds is 7. The van der Waals surface area contributed by atoms with Crippen LogP contribution in [0, 0.1) is 18.7 Å². The molecule has 4 heterocycles. The first-order valence-electron chi connectivity index (χ1n) is 15.5. The molecule has 0 bridgehead atoms. The number of fused-ring (bicyclic) bond motifs is 1. The van der Waals surface area contributed by atoms with Crippen molar-refractivity contribution in [1.29, 1.82) is 0 Å². The highest BCUT2D eigenvalue weighted by Gasteiger charge is 2.29. The number of carboxylic acids is 1. The summed E-state index contributed by atoms with van der Waals surface area (Å²) in [5.41, 5.74) is 8.79. The van der Waals surface area contributed by atoms with Gasteiger partial charge in [-0.05, 0) is 79.4 Å². The van der Waals surface area contributed by atoms with Crippen molar-refractivity contribution in [2.75, 3.05) is 24.1 Å². The second kappa shape index (κ2) is 12.7. The second-order valence-electron chi connectivity index (χ2n) is 12.2. The van der Waals surface area contributed by atoms with Gasteiger partial charge < -0.3 is 21.1 Å². The van der Waals surface area contributed by atoms with E-state index in [0.29, 0.717) is 30.1 Å². The van der Waals surface area contributed by atoms with Gasteiger partial charge in [-0.1, -0.05) is 26.0 Å². The van der Waals surface area contributed by atoms with Crippen molar-refractivity contribution in [2.24, 2.45) is 5.92 Å². The third-order valence-electron chi connectivity index (χ3n) is 8.71. The highest BCUT2D eigenvalue weighted by atomic mass is 19.1. The molecule has 0 aliphatic carbocycles. The number of nitrogens with one attached hydrogen (secondary N) is 1. The molecule has 2 amide bonds. The maximum absolute atomic E-state index is 13.6. The largest absolute Gasteiger partial charge is 0.477 e. The molecule has 13 heteroatoms. The average Bonchev–Trinajstić information content (AvgIpc) is 3.46. The number of pyridine rings is 1. The Bertz CT molecular complexity index is 2110. The topological polar surface area (TPSA) is 165 Å². The summed E-state index contributed by atoms with van der Waals surface area (Å²) >= 11 is 0. The summed E-state index contributed by atoms with van der Waals surface area (Å²) in [5.74, 6) is -2.09. The summed E-state index contributed by atoms with van der Waals surface area (Å²) in [6.45, 7) is 6.61. The maximum atomic E-state index is 13.6. The van der Waals surface area contributed by atoms with Crippen molar-refractivity contribution in [3.8, 4) is 16.8 Å². The number of nitrogens with two attached hydrogens (primary N) is 1. The Morgan fingerprint density at radius 1 is 1.02 bits per heavy atom. The van der Waals surface area contributed by atoms with Crippen LogP contribution in [-0.4, -0.2) is 60.0 Å². The number of hydrogen-bond donors (Lipinski definition) is 3. The van der Waals surface area contributed by atoms with Gasteiger partial charge >= 0.3 is 5.97 Å². The molecule has 0 atom stereocenters. The van der Waals surface area contributed by atoms with E-state index < -0.39 is 23.3 Å². The molecule has 246 valence electrons. The smallest absolute Gasteiger partial charge is 0.353 e. The number of aromatic nitrogens is 4. The summed E-state index contributed by atoms with van der Waals surface area (Å²) in [6, 6.07) is 15.0. The summed E-state index contributed by atoms with van der Waals surface area (Å²) < 4.78 is 16.3. The van der Waals surface area contributed by atoms with E-state index in [4.69, 9.17) is 5.73 Å². The molecule has 1 saturated heterocycles. The van der Waals surface area contributed by atoms with Gasteiger partial charge in [0, 0.05) is 47.6 Å². The van der Waals surface area contributed by atoms with Crippen LogP contribution in [0.15, 0.2) is 71.8 Å². The summed E-state index contributed by atoms with van der Waals surface area (Å²) in [6.07, 6.45) is 2.99. The Hall–Kier alpha value is -5.85. The third-order valence-corrected chi connectivity index (χ3v) is 8.71. The number of aryl methyl sites for hydroxylation is 1. The fraction of sp³-hybridized carbons (Fsp3) is 0.257. The number of hydrogen-bond acceptors (Lipinski definition) is 7. The minimum atomic E-state index is -1.37. The molecular weight excluding hydrogens is 617 g/mol. The lowest BCUT2D eigenvalue weighted by Crippen LogP contribution is -2.40. The van der Waals surface area contributed by atoms with E-state index in [-0.39, 0.29) is 40.3 Å². The normalized spacial score (nSPS) is 13.6. The Balaban J connectivity index is 1.28. The molecule has 4 N–H and O–H groups in total. The SMILES string of the molecule is Cc1cc(C(=O)Nc2ccc(-c3cc(C4CCN(C(=O)C(C)C)CC4)n4ncnc(N)c34)cc2)c(=O)n(-c2ccc(F)cc2)c1C(=O)O. The molecule has 3 aromatic heterocycles. The van der Waals surface area contributed by atoms with Crippen molar-refractivity contribution in [3.63, 3.8) is 0 Å². The summed E-state index contributed by atoms with van der Waals surface area (Å²) in [5, 5.41) is 17.0. The van der Waals surface area contributed by atoms with E-state index in [1.54, 1.807) is 24.3 Å². The number of carboxylic acid groups (broad SMARTS) is 1. The Kier molecular flexibility index (Phi) is 8.52. The first-order valence-corrected chi connectivity index (χ1v) is 15.5. The van der Waals surface area contributed by atoms with Crippen LogP contribution in [-0.2, 0) is 4.79 Å². The van der Waals surface area contributed by atoms with E-state index >= 15 is 0 Å². The molecule has 5 aromatic rings. The molecular formula is C35H34FN7O5. The van der Waals surface area contributed by atoms with E-state index in [9.17, 15) is 28.7 Å². The Morgan fingerprint density at radius 2 is 1.69 bits per heavy atom. The lowest BCUT2D eigenvalue weighted by Gasteiger charge is -2.33. The van der Waals surface area contributed by atoms with Crippen LogP contribution in [0.3, 0.4) is 0 Å². The van der Waals surface area contributed by atoms with Gasteiger partial charge in [0.1, 0.15) is 28.9 Å². The van der Waals surface area contributed by atoms with Gasteiger partial charge in [0.05, 0.1) is 0 Å². The van der Waals surface area contributed by atoms with E-state index in [1.807, 2.05) is 29.3 Å². The second-order valence-corrected chi connectivity index (χ2v) is 12.2. The summed E-state index contributed by atoms with van der Waals surface area (Å²) in [4.78, 5) is 57.5. The lowest BCUT2D eigenvalue weighted by atomic mass is 9.92. The molecule has 48 heavy (non-hydrogen) atoms. The van der Waals surface area contributed by atoms with Crippen LogP contribution in [0.2, 0.25) is 0 Å². The van der Waals surface area contributed by atoms with Crippen molar-refractivity contribution < 1.29 is 23.9 Å². The first kappa shape index (κ1) is 32.1. The van der Waals surface area contributed by atoms with Crippen LogP contribution in [0.1, 0.15) is 64.7 Å². The number of nitrogen functional groups attached to an aromatic ring is 1. The molecule has 6 rings (SSSR count). The molecule has 12 nitrogen and oxygen atoms in total. The number of piperidine rings is 1. The van der Waals surface area contributed by atoms with Crippen LogP contribution in [0.4, 0.5) is 15.9 Å². The number of likely N-dealkylation sites (tertiary alicyclic amines) is 1. The Morgan fingerprint density at radius 3 is 2.31 bits per heavy atom.